The number of benzene rings is 1. The van der Waals surface area contributed by atoms with Crippen molar-refractivity contribution in [2.24, 2.45) is 10.7 Å². The van der Waals surface area contributed by atoms with E-state index in [1.807, 2.05) is 13.8 Å². The van der Waals surface area contributed by atoms with E-state index in [0.717, 1.165) is 30.8 Å². The first-order valence-corrected chi connectivity index (χ1v) is 10.3. The number of aliphatic imine (C=N–C) groups is 1. The van der Waals surface area contributed by atoms with E-state index in [9.17, 15) is 18.0 Å². The molecule has 0 unspecified atom stereocenters. The predicted molar refractivity (Wildman–Crippen MR) is 119 cm³/mol. The molecule has 0 atom stereocenters. The van der Waals surface area contributed by atoms with Gasteiger partial charge in [-0.1, -0.05) is 13.8 Å². The SMILES string of the molecule is CCN(CC)Cc1cncc(Oc2cc(C(F)(F)F)c3cc(C(=O)NC(N)=NC)[nH]c3c2)c1. The number of nitrogens with two attached hydrogens (primary N) is 1. The third kappa shape index (κ3) is 5.80. The molecule has 0 fully saturated rings. The molecule has 0 saturated heterocycles. The predicted octanol–water partition coefficient (Wildman–Crippen LogP) is 3.89. The molecule has 4 N–H and O–H groups in total. The number of nitrogens with zero attached hydrogens (tertiary/aromatic N) is 3. The van der Waals surface area contributed by atoms with Crippen molar-refractivity contribution in [2.75, 3.05) is 20.1 Å². The molecule has 0 aliphatic carbocycles. The van der Waals surface area contributed by atoms with E-state index >= 15 is 0 Å². The van der Waals surface area contributed by atoms with Crippen LogP contribution in [0, 0.1) is 0 Å². The average Bonchev–Trinajstić information content (AvgIpc) is 3.20. The highest BCUT2D eigenvalue weighted by molar-refractivity contribution is 6.07. The Kier molecular flexibility index (Phi) is 7.22. The van der Waals surface area contributed by atoms with Gasteiger partial charge in [0.05, 0.1) is 17.3 Å². The van der Waals surface area contributed by atoms with Crippen molar-refractivity contribution in [2.45, 2.75) is 26.6 Å². The lowest BCUT2D eigenvalue weighted by Gasteiger charge is -2.18. The number of halogens is 3. The maximum absolute atomic E-state index is 13.8. The molecule has 0 radical (unpaired) electrons. The largest absolute Gasteiger partial charge is 0.456 e. The fourth-order valence-corrected chi connectivity index (χ4v) is 3.31. The topological polar surface area (TPSA) is 109 Å². The van der Waals surface area contributed by atoms with Gasteiger partial charge in [-0.05, 0) is 36.9 Å². The highest BCUT2D eigenvalue weighted by atomic mass is 19.4. The number of ether oxygens (including phenoxy) is 1. The fraction of sp³-hybridized carbons (Fsp3) is 0.318. The van der Waals surface area contributed by atoms with Gasteiger partial charge in [-0.2, -0.15) is 13.2 Å². The summed E-state index contributed by atoms with van der Waals surface area (Å²) in [7, 11) is 1.37. The Morgan fingerprint density at radius 2 is 1.91 bits per heavy atom. The van der Waals surface area contributed by atoms with Crippen LogP contribution in [0.3, 0.4) is 0 Å². The third-order valence-corrected chi connectivity index (χ3v) is 5.05. The number of nitrogens with one attached hydrogen (secondary N) is 2. The highest BCUT2D eigenvalue weighted by Gasteiger charge is 2.34. The number of pyridine rings is 1. The first kappa shape index (κ1) is 24.1. The van der Waals surface area contributed by atoms with E-state index < -0.39 is 17.6 Å². The zero-order valence-electron chi connectivity index (χ0n) is 18.5. The molecular formula is C22H25F3N6O2. The van der Waals surface area contributed by atoms with Crippen LogP contribution in [0.15, 0.2) is 41.7 Å². The Hall–Kier alpha value is -3.60. The smallest absolute Gasteiger partial charge is 0.417 e. The van der Waals surface area contributed by atoms with Gasteiger partial charge in [-0.3, -0.25) is 25.0 Å². The first-order chi connectivity index (χ1) is 15.6. The Labute approximate surface area is 188 Å². The van der Waals surface area contributed by atoms with E-state index in [1.165, 1.54) is 19.3 Å². The Morgan fingerprint density at radius 3 is 2.55 bits per heavy atom. The summed E-state index contributed by atoms with van der Waals surface area (Å²) < 4.78 is 47.0. The number of H-pyrrole nitrogens is 1. The molecule has 8 nitrogen and oxygen atoms in total. The number of fused-ring (bicyclic) bond motifs is 1. The van der Waals surface area contributed by atoms with Crippen molar-refractivity contribution in [3.63, 3.8) is 0 Å². The molecule has 1 amide bonds. The molecule has 176 valence electrons. The zero-order valence-corrected chi connectivity index (χ0v) is 18.5. The standard InChI is InChI=1S/C22H25F3N6O2/c1-4-31(5-2)12-13-6-15(11-28-10-13)33-14-7-17(22(23,24)25)16-9-19(29-18(16)8-14)20(32)30-21(26)27-3/h6-11,29H,4-5,12H2,1-3H3,(H3,26,27,30,32). The summed E-state index contributed by atoms with van der Waals surface area (Å²) in [6, 6.07) is 5.15. The van der Waals surface area contributed by atoms with Crippen LogP contribution in [0.4, 0.5) is 13.2 Å². The lowest BCUT2D eigenvalue weighted by Crippen LogP contribution is -2.36. The first-order valence-electron chi connectivity index (χ1n) is 10.3. The van der Waals surface area contributed by atoms with Gasteiger partial charge in [-0.25, -0.2) is 0 Å². The van der Waals surface area contributed by atoms with Crippen LogP contribution in [0.25, 0.3) is 10.9 Å². The van der Waals surface area contributed by atoms with Gasteiger partial charge in [-0.15, -0.1) is 0 Å². The van der Waals surface area contributed by atoms with Gasteiger partial charge in [0, 0.05) is 31.2 Å². The van der Waals surface area contributed by atoms with Crippen molar-refractivity contribution in [1.82, 2.24) is 20.2 Å². The summed E-state index contributed by atoms with van der Waals surface area (Å²) in [4.78, 5) is 24.9. The maximum atomic E-state index is 13.8. The minimum absolute atomic E-state index is 0.0416. The summed E-state index contributed by atoms with van der Waals surface area (Å²) >= 11 is 0. The van der Waals surface area contributed by atoms with E-state index in [-0.39, 0.29) is 28.3 Å². The molecule has 2 heterocycles. The number of carbonyl (C=O) groups is 1. The molecule has 0 aliphatic heterocycles. The molecule has 33 heavy (non-hydrogen) atoms. The summed E-state index contributed by atoms with van der Waals surface area (Å²) in [5.74, 6) is -0.599. The highest BCUT2D eigenvalue weighted by Crippen LogP contribution is 2.39. The van der Waals surface area contributed by atoms with Crippen LogP contribution in [-0.4, -0.2) is 46.9 Å². The number of rotatable bonds is 7. The molecule has 0 aliphatic rings. The second kappa shape index (κ2) is 9.90. The summed E-state index contributed by atoms with van der Waals surface area (Å²) in [6.07, 6.45) is -1.54. The van der Waals surface area contributed by atoms with Gasteiger partial charge in [0.25, 0.3) is 5.91 Å². The number of guanidine groups is 1. The summed E-state index contributed by atoms with van der Waals surface area (Å²) in [6.45, 7) is 6.43. The average molecular weight is 462 g/mol. The molecule has 3 rings (SSSR count). The molecule has 0 bridgehead atoms. The number of hydrogen-bond donors (Lipinski definition) is 3. The zero-order chi connectivity index (χ0) is 24.2. The van der Waals surface area contributed by atoms with Crippen molar-refractivity contribution < 1.29 is 22.7 Å². The molecule has 1 aromatic carbocycles. The van der Waals surface area contributed by atoms with E-state index in [2.05, 4.69) is 25.2 Å². The van der Waals surface area contributed by atoms with Gasteiger partial charge >= 0.3 is 6.18 Å². The molecule has 11 heteroatoms. The minimum Gasteiger partial charge on any atom is -0.456 e. The van der Waals surface area contributed by atoms with Crippen molar-refractivity contribution in [1.29, 1.82) is 0 Å². The molecule has 2 aromatic heterocycles. The summed E-state index contributed by atoms with van der Waals surface area (Å²) in [5.41, 5.74) is 5.40. The molecule has 0 saturated carbocycles. The Bertz CT molecular complexity index is 1170. The lowest BCUT2D eigenvalue weighted by atomic mass is 10.1. The van der Waals surface area contributed by atoms with Crippen molar-refractivity contribution >= 4 is 22.8 Å². The number of carbonyl (C=O) groups excluding carboxylic acids is 1. The second-order valence-corrected chi connectivity index (χ2v) is 7.27. The van der Waals surface area contributed by atoms with Crippen LogP contribution >= 0.6 is 0 Å². The van der Waals surface area contributed by atoms with Crippen LogP contribution in [0.5, 0.6) is 11.5 Å². The normalized spacial score (nSPS) is 12.4. The fourth-order valence-electron chi connectivity index (χ4n) is 3.31. The number of alkyl halides is 3. The van der Waals surface area contributed by atoms with E-state index in [4.69, 9.17) is 10.5 Å². The maximum Gasteiger partial charge on any atom is 0.417 e. The molecule has 0 spiro atoms. The Balaban J connectivity index is 1.96. The Morgan fingerprint density at radius 1 is 1.18 bits per heavy atom. The number of aromatic nitrogens is 2. The van der Waals surface area contributed by atoms with Gasteiger partial charge in [0.15, 0.2) is 5.96 Å². The monoisotopic (exact) mass is 462 g/mol. The summed E-state index contributed by atoms with van der Waals surface area (Å²) in [5, 5.41) is 2.12. The lowest BCUT2D eigenvalue weighted by molar-refractivity contribution is -0.136. The molecule has 3 aromatic rings. The van der Waals surface area contributed by atoms with Gasteiger partial charge in [0.1, 0.15) is 17.2 Å². The van der Waals surface area contributed by atoms with Crippen LogP contribution in [0.1, 0.15) is 35.5 Å². The minimum atomic E-state index is -4.67. The van der Waals surface area contributed by atoms with Crippen LogP contribution in [-0.2, 0) is 12.7 Å². The van der Waals surface area contributed by atoms with Crippen molar-refractivity contribution in [3.8, 4) is 11.5 Å². The quantitative estimate of drug-likeness (QED) is 0.365. The van der Waals surface area contributed by atoms with Crippen LogP contribution < -0.4 is 15.8 Å². The van der Waals surface area contributed by atoms with Gasteiger partial charge < -0.3 is 15.5 Å². The van der Waals surface area contributed by atoms with Crippen molar-refractivity contribution in [3.05, 3.63) is 53.5 Å². The number of hydrogen-bond acceptors (Lipinski definition) is 5. The number of amides is 1. The van der Waals surface area contributed by atoms with E-state index in [0.29, 0.717) is 12.3 Å². The number of aromatic amines is 1. The molecular weight excluding hydrogens is 437 g/mol. The van der Waals surface area contributed by atoms with Gasteiger partial charge in [0.2, 0.25) is 0 Å². The van der Waals surface area contributed by atoms with E-state index in [1.54, 1.807) is 12.3 Å². The third-order valence-electron chi connectivity index (χ3n) is 5.05. The van der Waals surface area contributed by atoms with Crippen LogP contribution in [0.2, 0.25) is 0 Å². The second-order valence-electron chi connectivity index (χ2n) is 7.27.